The molecule has 1 amide bonds. The number of carbonyl (C=O) groups is 1. The molecular formula is C21H23N3O2. The number of amides is 1. The highest BCUT2D eigenvalue weighted by molar-refractivity contribution is 5.94. The molecule has 0 fully saturated rings. The van der Waals surface area contributed by atoms with E-state index >= 15 is 0 Å². The van der Waals surface area contributed by atoms with Crippen LogP contribution in [-0.4, -0.2) is 10.9 Å². The Bertz CT molecular complexity index is 850. The van der Waals surface area contributed by atoms with Crippen LogP contribution in [0.2, 0.25) is 0 Å². The molecule has 2 N–H and O–H groups in total. The molecule has 134 valence electrons. The second-order valence-electron chi connectivity index (χ2n) is 5.98. The second kappa shape index (κ2) is 8.34. The molecule has 2 aromatic heterocycles. The van der Waals surface area contributed by atoms with Gasteiger partial charge in [0.1, 0.15) is 11.6 Å². The van der Waals surface area contributed by atoms with Gasteiger partial charge in [0.15, 0.2) is 0 Å². The summed E-state index contributed by atoms with van der Waals surface area (Å²) >= 11 is 0. The van der Waals surface area contributed by atoms with Gasteiger partial charge in [-0.3, -0.25) is 4.79 Å². The predicted octanol–water partition coefficient (Wildman–Crippen LogP) is 4.47. The molecule has 0 aliphatic heterocycles. The fourth-order valence-electron chi connectivity index (χ4n) is 2.85. The van der Waals surface area contributed by atoms with Gasteiger partial charge in [0.05, 0.1) is 12.8 Å². The van der Waals surface area contributed by atoms with E-state index in [-0.39, 0.29) is 5.91 Å². The van der Waals surface area contributed by atoms with Crippen molar-refractivity contribution in [3.63, 3.8) is 0 Å². The van der Waals surface area contributed by atoms with Crippen LogP contribution in [0.3, 0.4) is 0 Å². The first-order chi connectivity index (χ1) is 12.7. The lowest BCUT2D eigenvalue weighted by molar-refractivity contribution is 0.0948. The van der Waals surface area contributed by atoms with Crippen molar-refractivity contribution < 1.29 is 9.21 Å². The highest BCUT2D eigenvalue weighted by atomic mass is 16.3. The summed E-state index contributed by atoms with van der Waals surface area (Å²) in [5.74, 6) is 1.22. The van der Waals surface area contributed by atoms with Crippen LogP contribution in [-0.2, 0) is 19.4 Å². The van der Waals surface area contributed by atoms with E-state index < -0.39 is 0 Å². The van der Waals surface area contributed by atoms with Crippen molar-refractivity contribution in [2.24, 2.45) is 0 Å². The quantitative estimate of drug-likeness (QED) is 0.660. The fourth-order valence-corrected chi connectivity index (χ4v) is 2.85. The lowest BCUT2D eigenvalue weighted by atomic mass is 10.0. The molecule has 0 atom stereocenters. The third-order valence-corrected chi connectivity index (χ3v) is 4.28. The zero-order chi connectivity index (χ0) is 18.4. The summed E-state index contributed by atoms with van der Waals surface area (Å²) in [4.78, 5) is 16.8. The van der Waals surface area contributed by atoms with Gasteiger partial charge < -0.3 is 15.1 Å². The number of rotatable bonds is 7. The number of nitrogens with zero attached hydrogens (tertiary/aromatic N) is 1. The Balaban J connectivity index is 1.76. The molecule has 3 rings (SSSR count). The number of aryl methyl sites for hydroxylation is 2. The largest absolute Gasteiger partial charge is 0.467 e. The molecule has 0 aliphatic rings. The van der Waals surface area contributed by atoms with Gasteiger partial charge in [0.25, 0.3) is 5.91 Å². The van der Waals surface area contributed by atoms with E-state index in [9.17, 15) is 4.79 Å². The van der Waals surface area contributed by atoms with Crippen molar-refractivity contribution in [1.29, 1.82) is 0 Å². The van der Waals surface area contributed by atoms with Crippen molar-refractivity contribution >= 4 is 17.4 Å². The molecule has 0 saturated carbocycles. The van der Waals surface area contributed by atoms with Crippen LogP contribution in [0.5, 0.6) is 0 Å². The maximum absolute atomic E-state index is 12.4. The summed E-state index contributed by atoms with van der Waals surface area (Å²) in [6.45, 7) is 4.62. The minimum atomic E-state index is -0.161. The lowest BCUT2D eigenvalue weighted by Gasteiger charge is -2.15. The number of hydrogen-bond donors (Lipinski definition) is 2. The number of anilines is 2. The average molecular weight is 349 g/mol. The van der Waals surface area contributed by atoms with Crippen LogP contribution in [0.1, 0.15) is 41.1 Å². The first kappa shape index (κ1) is 17.7. The van der Waals surface area contributed by atoms with E-state index in [2.05, 4.69) is 47.7 Å². The van der Waals surface area contributed by atoms with Gasteiger partial charge in [-0.05, 0) is 48.2 Å². The molecule has 0 radical (unpaired) electrons. The van der Waals surface area contributed by atoms with Gasteiger partial charge in [-0.1, -0.05) is 32.0 Å². The maximum Gasteiger partial charge on any atom is 0.251 e. The molecular weight excluding hydrogens is 326 g/mol. The molecule has 5 nitrogen and oxygen atoms in total. The molecule has 0 unspecified atom stereocenters. The number of carbonyl (C=O) groups excluding carboxylic acids is 1. The van der Waals surface area contributed by atoms with Crippen LogP contribution in [0.4, 0.5) is 11.5 Å². The van der Waals surface area contributed by atoms with Gasteiger partial charge in [-0.25, -0.2) is 4.98 Å². The number of hydrogen-bond acceptors (Lipinski definition) is 4. The molecule has 0 spiro atoms. The molecule has 5 heteroatoms. The number of para-hydroxylation sites is 1. The van der Waals surface area contributed by atoms with Crippen molar-refractivity contribution in [3.8, 4) is 0 Å². The zero-order valence-electron chi connectivity index (χ0n) is 15.1. The number of benzene rings is 1. The Morgan fingerprint density at radius 3 is 2.50 bits per heavy atom. The number of pyridine rings is 1. The number of nitrogens with one attached hydrogen (secondary N) is 2. The summed E-state index contributed by atoms with van der Waals surface area (Å²) < 4.78 is 5.23. The van der Waals surface area contributed by atoms with Gasteiger partial charge in [-0.2, -0.15) is 0 Å². The van der Waals surface area contributed by atoms with Crippen molar-refractivity contribution in [2.45, 2.75) is 33.2 Å². The third-order valence-electron chi connectivity index (χ3n) is 4.28. The third kappa shape index (κ3) is 4.11. The smallest absolute Gasteiger partial charge is 0.251 e. The molecule has 3 aromatic rings. The van der Waals surface area contributed by atoms with Crippen LogP contribution >= 0.6 is 0 Å². The van der Waals surface area contributed by atoms with Crippen LogP contribution in [0.15, 0.2) is 59.3 Å². The van der Waals surface area contributed by atoms with E-state index in [4.69, 9.17) is 4.42 Å². The predicted molar refractivity (Wildman–Crippen MR) is 103 cm³/mol. The number of furan rings is 1. The normalized spacial score (nSPS) is 10.5. The first-order valence-corrected chi connectivity index (χ1v) is 8.85. The minimum absolute atomic E-state index is 0.161. The lowest BCUT2D eigenvalue weighted by Crippen LogP contribution is -2.22. The molecule has 0 saturated heterocycles. The van der Waals surface area contributed by atoms with E-state index in [0.717, 1.165) is 24.3 Å². The van der Waals surface area contributed by atoms with E-state index in [1.54, 1.807) is 30.7 Å². The fraction of sp³-hybridized carbons (Fsp3) is 0.238. The Morgan fingerprint density at radius 1 is 1.08 bits per heavy atom. The van der Waals surface area contributed by atoms with Crippen LogP contribution in [0, 0.1) is 0 Å². The minimum Gasteiger partial charge on any atom is -0.467 e. The Labute approximate surface area is 153 Å². The van der Waals surface area contributed by atoms with Crippen molar-refractivity contribution in [2.75, 3.05) is 5.32 Å². The van der Waals surface area contributed by atoms with Crippen LogP contribution in [0.25, 0.3) is 0 Å². The van der Waals surface area contributed by atoms with E-state index in [1.807, 2.05) is 6.07 Å². The maximum atomic E-state index is 12.4. The van der Waals surface area contributed by atoms with Crippen molar-refractivity contribution in [3.05, 3.63) is 77.4 Å². The van der Waals surface area contributed by atoms with Gasteiger partial charge >= 0.3 is 0 Å². The molecule has 1 aromatic carbocycles. The molecule has 2 heterocycles. The highest BCUT2D eigenvalue weighted by Crippen LogP contribution is 2.26. The second-order valence-corrected chi connectivity index (χ2v) is 5.98. The monoisotopic (exact) mass is 349 g/mol. The van der Waals surface area contributed by atoms with Gasteiger partial charge in [0.2, 0.25) is 0 Å². The summed E-state index contributed by atoms with van der Waals surface area (Å²) in [7, 11) is 0. The Kier molecular flexibility index (Phi) is 5.69. The standard InChI is InChI=1S/C21H23N3O2/c1-3-15-7-5-8-16(4-2)20(15)24-19-13-17(10-11-22-19)21(25)23-14-18-9-6-12-26-18/h5-13H,3-4,14H2,1-2H3,(H,22,24)(H,23,25). The highest BCUT2D eigenvalue weighted by Gasteiger charge is 2.10. The Morgan fingerprint density at radius 2 is 1.85 bits per heavy atom. The average Bonchev–Trinajstić information content (AvgIpc) is 3.20. The SMILES string of the molecule is CCc1cccc(CC)c1Nc1cc(C(=O)NCc2ccco2)ccn1. The first-order valence-electron chi connectivity index (χ1n) is 8.85. The summed E-state index contributed by atoms with van der Waals surface area (Å²) in [5, 5.41) is 6.25. The summed E-state index contributed by atoms with van der Waals surface area (Å²) in [6.07, 6.45) is 5.09. The van der Waals surface area contributed by atoms with E-state index in [1.165, 1.54) is 11.1 Å². The topological polar surface area (TPSA) is 67.2 Å². The number of aromatic nitrogens is 1. The van der Waals surface area contributed by atoms with Gasteiger partial charge in [0, 0.05) is 17.4 Å². The van der Waals surface area contributed by atoms with Crippen molar-refractivity contribution in [1.82, 2.24) is 10.3 Å². The molecule has 26 heavy (non-hydrogen) atoms. The molecule has 0 aliphatic carbocycles. The van der Waals surface area contributed by atoms with Gasteiger partial charge in [-0.15, -0.1) is 0 Å². The van der Waals surface area contributed by atoms with E-state index in [0.29, 0.717) is 17.9 Å². The zero-order valence-corrected chi connectivity index (χ0v) is 15.1. The van der Waals surface area contributed by atoms with Crippen LogP contribution < -0.4 is 10.6 Å². The molecule has 0 bridgehead atoms. The Hall–Kier alpha value is -3.08. The summed E-state index contributed by atoms with van der Waals surface area (Å²) in [5.41, 5.74) is 4.11. The summed E-state index contributed by atoms with van der Waals surface area (Å²) in [6, 6.07) is 13.4.